The van der Waals surface area contributed by atoms with Crippen molar-refractivity contribution in [2.45, 2.75) is 6.61 Å². The third-order valence-corrected chi connectivity index (χ3v) is 2.82. The number of aromatic carboxylic acids is 1. The summed E-state index contributed by atoms with van der Waals surface area (Å²) in [7, 11) is 1.52. The molecule has 4 nitrogen and oxygen atoms in total. The van der Waals surface area contributed by atoms with Crippen molar-refractivity contribution in [1.82, 2.24) is 0 Å². The van der Waals surface area contributed by atoms with Crippen LogP contribution in [0.1, 0.15) is 15.9 Å². The van der Waals surface area contributed by atoms with Gasteiger partial charge < -0.3 is 14.6 Å². The summed E-state index contributed by atoms with van der Waals surface area (Å²) in [6, 6.07) is 8.42. The first-order valence-corrected chi connectivity index (χ1v) is 6.00. The summed E-state index contributed by atoms with van der Waals surface area (Å²) in [5.41, 5.74) is 0.234. The SMILES string of the molecule is COc1ccc(COc2c(C(=O)O)ccc(F)c2F)cc1. The van der Waals surface area contributed by atoms with E-state index in [2.05, 4.69) is 0 Å². The van der Waals surface area contributed by atoms with Crippen LogP contribution in [0.3, 0.4) is 0 Å². The van der Waals surface area contributed by atoms with Crippen molar-refractivity contribution in [3.05, 3.63) is 59.2 Å². The summed E-state index contributed by atoms with van der Waals surface area (Å²) < 4.78 is 37.0. The number of carboxylic acids is 1. The monoisotopic (exact) mass is 294 g/mol. The van der Waals surface area contributed by atoms with E-state index in [4.69, 9.17) is 14.6 Å². The lowest BCUT2D eigenvalue weighted by molar-refractivity contribution is 0.0690. The first-order valence-electron chi connectivity index (χ1n) is 6.00. The van der Waals surface area contributed by atoms with Crippen LogP contribution in [0.25, 0.3) is 0 Å². The molecule has 2 aromatic carbocycles. The van der Waals surface area contributed by atoms with Gasteiger partial charge in [0.15, 0.2) is 11.6 Å². The van der Waals surface area contributed by atoms with Crippen LogP contribution in [-0.4, -0.2) is 18.2 Å². The fourth-order valence-corrected chi connectivity index (χ4v) is 1.72. The fraction of sp³-hybridized carbons (Fsp3) is 0.133. The molecule has 2 aromatic rings. The van der Waals surface area contributed by atoms with Gasteiger partial charge in [-0.25, -0.2) is 9.18 Å². The molecular formula is C15H12F2O4. The summed E-state index contributed by atoms with van der Waals surface area (Å²) in [5.74, 6) is -3.84. The molecule has 0 aliphatic rings. The van der Waals surface area contributed by atoms with Crippen LogP contribution in [0.15, 0.2) is 36.4 Å². The largest absolute Gasteiger partial charge is 0.497 e. The van der Waals surface area contributed by atoms with Crippen molar-refractivity contribution in [3.8, 4) is 11.5 Å². The van der Waals surface area contributed by atoms with Gasteiger partial charge in [0.2, 0.25) is 5.82 Å². The van der Waals surface area contributed by atoms with Gasteiger partial charge in [0.25, 0.3) is 0 Å². The molecule has 21 heavy (non-hydrogen) atoms. The van der Waals surface area contributed by atoms with Gasteiger partial charge in [0, 0.05) is 0 Å². The minimum Gasteiger partial charge on any atom is -0.497 e. The van der Waals surface area contributed by atoms with E-state index in [-0.39, 0.29) is 6.61 Å². The lowest BCUT2D eigenvalue weighted by Crippen LogP contribution is -2.06. The molecule has 2 rings (SSSR count). The maximum Gasteiger partial charge on any atom is 0.339 e. The number of benzene rings is 2. The highest BCUT2D eigenvalue weighted by Gasteiger charge is 2.19. The second-order valence-electron chi connectivity index (χ2n) is 4.18. The first-order chi connectivity index (χ1) is 10.0. The van der Waals surface area contributed by atoms with Gasteiger partial charge in [-0.2, -0.15) is 4.39 Å². The average Bonchev–Trinajstić information content (AvgIpc) is 2.49. The predicted octanol–water partition coefficient (Wildman–Crippen LogP) is 3.25. The number of ether oxygens (including phenoxy) is 2. The summed E-state index contributed by atoms with van der Waals surface area (Å²) >= 11 is 0. The van der Waals surface area contributed by atoms with Crippen molar-refractivity contribution in [2.24, 2.45) is 0 Å². The molecule has 0 saturated carbocycles. The van der Waals surface area contributed by atoms with Crippen molar-refractivity contribution in [3.63, 3.8) is 0 Å². The van der Waals surface area contributed by atoms with Gasteiger partial charge in [0.05, 0.1) is 7.11 Å². The van der Waals surface area contributed by atoms with E-state index in [9.17, 15) is 13.6 Å². The van der Waals surface area contributed by atoms with Crippen LogP contribution in [0, 0.1) is 11.6 Å². The molecule has 6 heteroatoms. The Morgan fingerprint density at radius 1 is 1.14 bits per heavy atom. The molecule has 110 valence electrons. The molecule has 0 fully saturated rings. The lowest BCUT2D eigenvalue weighted by atomic mass is 10.2. The zero-order valence-corrected chi connectivity index (χ0v) is 11.1. The van der Waals surface area contributed by atoms with E-state index in [1.165, 1.54) is 7.11 Å². The number of hydrogen-bond donors (Lipinski definition) is 1. The molecule has 0 spiro atoms. The molecule has 0 bridgehead atoms. The van der Waals surface area contributed by atoms with E-state index in [1.54, 1.807) is 24.3 Å². The minimum atomic E-state index is -1.39. The Hall–Kier alpha value is -2.63. The summed E-state index contributed by atoms with van der Waals surface area (Å²) in [6.45, 7) is -0.0926. The topological polar surface area (TPSA) is 55.8 Å². The standard InChI is InChI=1S/C15H12F2O4/c1-20-10-4-2-9(3-5-10)8-21-14-11(15(18)19)6-7-12(16)13(14)17/h2-7H,8H2,1H3,(H,18,19). The Bertz CT molecular complexity index is 653. The smallest absolute Gasteiger partial charge is 0.339 e. The number of carboxylic acid groups (broad SMARTS) is 1. The molecule has 0 aliphatic heterocycles. The molecule has 0 aliphatic carbocycles. The zero-order chi connectivity index (χ0) is 15.4. The quantitative estimate of drug-likeness (QED) is 0.919. The predicted molar refractivity (Wildman–Crippen MR) is 70.6 cm³/mol. The van der Waals surface area contributed by atoms with Crippen molar-refractivity contribution >= 4 is 5.97 Å². The van der Waals surface area contributed by atoms with Crippen LogP contribution in [0.2, 0.25) is 0 Å². The van der Waals surface area contributed by atoms with Crippen molar-refractivity contribution < 1.29 is 28.2 Å². The maximum atomic E-state index is 13.7. The zero-order valence-electron chi connectivity index (χ0n) is 11.1. The number of methoxy groups -OCH3 is 1. The molecule has 0 radical (unpaired) electrons. The molecule has 0 heterocycles. The van der Waals surface area contributed by atoms with Crippen LogP contribution in [-0.2, 0) is 6.61 Å². The third-order valence-electron chi connectivity index (χ3n) is 2.82. The third kappa shape index (κ3) is 3.28. The molecule has 1 N–H and O–H groups in total. The Kier molecular flexibility index (Phi) is 4.37. The highest BCUT2D eigenvalue weighted by molar-refractivity contribution is 5.90. The minimum absolute atomic E-state index is 0.0926. The highest BCUT2D eigenvalue weighted by Crippen LogP contribution is 2.26. The second kappa shape index (κ2) is 6.21. The van der Waals surface area contributed by atoms with Gasteiger partial charge in [-0.05, 0) is 29.8 Å². The lowest BCUT2D eigenvalue weighted by Gasteiger charge is -2.11. The number of rotatable bonds is 5. The number of halogens is 2. The van der Waals surface area contributed by atoms with Crippen molar-refractivity contribution in [2.75, 3.05) is 7.11 Å². The molecule has 0 atom stereocenters. The highest BCUT2D eigenvalue weighted by atomic mass is 19.2. The van der Waals surface area contributed by atoms with E-state index in [0.717, 1.165) is 12.1 Å². The summed E-state index contributed by atoms with van der Waals surface area (Å²) in [4.78, 5) is 11.0. The Balaban J connectivity index is 2.22. The fourth-order valence-electron chi connectivity index (χ4n) is 1.72. The van der Waals surface area contributed by atoms with E-state index in [0.29, 0.717) is 11.3 Å². The van der Waals surface area contributed by atoms with Gasteiger partial charge in [-0.15, -0.1) is 0 Å². The van der Waals surface area contributed by atoms with Gasteiger partial charge in [0.1, 0.15) is 17.9 Å². The Labute approximate surface area is 119 Å². The van der Waals surface area contributed by atoms with Gasteiger partial charge >= 0.3 is 5.97 Å². The maximum absolute atomic E-state index is 13.7. The number of hydrogen-bond acceptors (Lipinski definition) is 3. The first kappa shape index (κ1) is 14.8. The van der Waals surface area contributed by atoms with Gasteiger partial charge in [-0.3, -0.25) is 0 Å². The Morgan fingerprint density at radius 3 is 2.38 bits per heavy atom. The van der Waals surface area contributed by atoms with E-state index < -0.39 is 28.9 Å². The molecule has 0 amide bonds. The Morgan fingerprint density at radius 2 is 1.81 bits per heavy atom. The van der Waals surface area contributed by atoms with Crippen molar-refractivity contribution in [1.29, 1.82) is 0 Å². The van der Waals surface area contributed by atoms with Crippen LogP contribution in [0.5, 0.6) is 11.5 Å². The molecule has 0 saturated heterocycles. The van der Waals surface area contributed by atoms with E-state index >= 15 is 0 Å². The molecular weight excluding hydrogens is 282 g/mol. The van der Waals surface area contributed by atoms with Crippen LogP contribution >= 0.6 is 0 Å². The normalized spacial score (nSPS) is 10.2. The summed E-state index contributed by atoms with van der Waals surface area (Å²) in [6.07, 6.45) is 0. The summed E-state index contributed by atoms with van der Waals surface area (Å²) in [5, 5.41) is 8.96. The molecule has 0 unspecified atom stereocenters. The average molecular weight is 294 g/mol. The van der Waals surface area contributed by atoms with Crippen LogP contribution in [0.4, 0.5) is 8.78 Å². The van der Waals surface area contributed by atoms with E-state index in [1.807, 2.05) is 0 Å². The van der Waals surface area contributed by atoms with Crippen LogP contribution < -0.4 is 9.47 Å². The second-order valence-corrected chi connectivity index (χ2v) is 4.18. The number of carbonyl (C=O) groups is 1. The molecule has 0 aromatic heterocycles. The van der Waals surface area contributed by atoms with Gasteiger partial charge in [-0.1, -0.05) is 12.1 Å².